The first-order chi connectivity index (χ1) is 9.61. The van der Waals surface area contributed by atoms with Crippen LogP contribution in [0.3, 0.4) is 0 Å². The van der Waals surface area contributed by atoms with Crippen LogP contribution in [0.1, 0.15) is 37.2 Å². The number of nitrogens with one attached hydrogen (secondary N) is 1. The zero-order valence-electron chi connectivity index (χ0n) is 12.0. The van der Waals surface area contributed by atoms with E-state index in [1.165, 1.54) is 0 Å². The fourth-order valence-corrected chi connectivity index (χ4v) is 2.19. The van der Waals surface area contributed by atoms with Crippen LogP contribution in [0.2, 0.25) is 0 Å². The van der Waals surface area contributed by atoms with Crippen LogP contribution in [0.15, 0.2) is 42.6 Å². The molecule has 2 N–H and O–H groups in total. The van der Waals surface area contributed by atoms with Crippen molar-refractivity contribution in [1.29, 1.82) is 0 Å². The number of hydrogen-bond acceptors (Lipinski definition) is 4. The van der Waals surface area contributed by atoms with Crippen LogP contribution in [0.5, 0.6) is 11.5 Å². The normalized spacial score (nSPS) is 13.8. The lowest BCUT2D eigenvalue weighted by Crippen LogP contribution is -2.23. The number of aromatic nitrogens is 1. The van der Waals surface area contributed by atoms with E-state index in [0.29, 0.717) is 0 Å². The van der Waals surface area contributed by atoms with Gasteiger partial charge in [0.2, 0.25) is 0 Å². The highest BCUT2D eigenvalue weighted by molar-refractivity contribution is 5.41. The molecule has 0 bridgehead atoms. The lowest BCUT2D eigenvalue weighted by molar-refractivity contribution is 0.404. The topological polar surface area (TPSA) is 54.4 Å². The minimum Gasteiger partial charge on any atom is -0.508 e. The van der Waals surface area contributed by atoms with Gasteiger partial charge in [0, 0.05) is 23.8 Å². The molecule has 0 aliphatic carbocycles. The molecule has 0 spiro atoms. The maximum atomic E-state index is 9.97. The first-order valence-corrected chi connectivity index (χ1v) is 6.65. The number of phenolic OH excluding ortho intramolecular Hbond substituents is 1. The number of benzene rings is 1. The lowest BCUT2D eigenvalue weighted by Gasteiger charge is -2.21. The second-order valence-electron chi connectivity index (χ2n) is 4.79. The molecule has 0 amide bonds. The van der Waals surface area contributed by atoms with E-state index in [9.17, 15) is 5.11 Å². The Labute approximate surface area is 119 Å². The van der Waals surface area contributed by atoms with Crippen molar-refractivity contribution in [2.45, 2.75) is 25.9 Å². The fourth-order valence-electron chi connectivity index (χ4n) is 2.19. The van der Waals surface area contributed by atoms with Gasteiger partial charge in [-0.3, -0.25) is 4.98 Å². The van der Waals surface area contributed by atoms with E-state index in [2.05, 4.69) is 17.2 Å². The number of methoxy groups -OCH3 is 1. The van der Waals surface area contributed by atoms with Crippen molar-refractivity contribution in [2.75, 3.05) is 7.11 Å². The molecule has 0 aliphatic heterocycles. The highest BCUT2D eigenvalue weighted by atomic mass is 16.5. The van der Waals surface area contributed by atoms with Crippen molar-refractivity contribution >= 4 is 0 Å². The van der Waals surface area contributed by atoms with Crippen molar-refractivity contribution in [2.24, 2.45) is 0 Å². The number of rotatable bonds is 5. The Kier molecular flexibility index (Phi) is 4.58. The Balaban J connectivity index is 2.14. The number of pyridine rings is 1. The molecule has 4 heteroatoms. The van der Waals surface area contributed by atoms with E-state index in [-0.39, 0.29) is 17.8 Å². The smallest absolute Gasteiger partial charge is 0.120 e. The summed E-state index contributed by atoms with van der Waals surface area (Å²) in [5.41, 5.74) is 1.79. The van der Waals surface area contributed by atoms with Crippen LogP contribution in [-0.4, -0.2) is 17.2 Å². The third-order valence-corrected chi connectivity index (χ3v) is 3.33. The van der Waals surface area contributed by atoms with Crippen LogP contribution in [0, 0.1) is 0 Å². The van der Waals surface area contributed by atoms with Gasteiger partial charge in [0.05, 0.1) is 12.8 Å². The molecule has 1 unspecified atom stereocenters. The van der Waals surface area contributed by atoms with Gasteiger partial charge in [0.25, 0.3) is 0 Å². The van der Waals surface area contributed by atoms with Crippen molar-refractivity contribution < 1.29 is 9.84 Å². The SMILES string of the molecule is COc1ccc(O)c(C(C)N[C@H](C)c2ccccn2)c1. The fraction of sp³-hybridized carbons (Fsp3) is 0.312. The molecule has 2 atom stereocenters. The molecule has 0 radical (unpaired) electrons. The Hall–Kier alpha value is -2.07. The molecular weight excluding hydrogens is 252 g/mol. The van der Waals surface area contributed by atoms with E-state index in [4.69, 9.17) is 4.74 Å². The number of hydrogen-bond donors (Lipinski definition) is 2. The summed E-state index contributed by atoms with van der Waals surface area (Å²) in [6, 6.07) is 11.2. The Morgan fingerprint density at radius 2 is 1.95 bits per heavy atom. The molecule has 106 valence electrons. The molecule has 4 nitrogen and oxygen atoms in total. The van der Waals surface area contributed by atoms with E-state index in [1.807, 2.05) is 31.2 Å². The predicted octanol–water partition coefficient (Wildman–Crippen LogP) is 3.21. The van der Waals surface area contributed by atoms with E-state index in [1.54, 1.807) is 25.4 Å². The molecule has 0 saturated heterocycles. The molecule has 2 rings (SSSR count). The van der Waals surface area contributed by atoms with E-state index >= 15 is 0 Å². The van der Waals surface area contributed by atoms with Crippen molar-refractivity contribution in [3.63, 3.8) is 0 Å². The summed E-state index contributed by atoms with van der Waals surface area (Å²) in [6.45, 7) is 4.06. The lowest BCUT2D eigenvalue weighted by atomic mass is 10.0. The minimum absolute atomic E-state index is 0.0119. The molecule has 0 saturated carbocycles. The van der Waals surface area contributed by atoms with Gasteiger partial charge in [-0.2, -0.15) is 0 Å². The monoisotopic (exact) mass is 272 g/mol. The van der Waals surface area contributed by atoms with Crippen LogP contribution < -0.4 is 10.1 Å². The quantitative estimate of drug-likeness (QED) is 0.877. The van der Waals surface area contributed by atoms with Gasteiger partial charge in [-0.1, -0.05) is 6.07 Å². The zero-order chi connectivity index (χ0) is 14.5. The number of phenols is 1. The van der Waals surface area contributed by atoms with Crippen LogP contribution >= 0.6 is 0 Å². The number of aromatic hydroxyl groups is 1. The molecule has 20 heavy (non-hydrogen) atoms. The van der Waals surface area contributed by atoms with Crippen LogP contribution in [0.25, 0.3) is 0 Å². The van der Waals surface area contributed by atoms with Crippen LogP contribution in [0.4, 0.5) is 0 Å². The molecule has 0 aliphatic rings. The Morgan fingerprint density at radius 3 is 2.60 bits per heavy atom. The summed E-state index contributed by atoms with van der Waals surface area (Å²) < 4.78 is 5.20. The highest BCUT2D eigenvalue weighted by Gasteiger charge is 2.15. The third kappa shape index (κ3) is 3.27. The molecule has 0 fully saturated rings. The average molecular weight is 272 g/mol. The van der Waals surface area contributed by atoms with Gasteiger partial charge >= 0.3 is 0 Å². The second kappa shape index (κ2) is 6.39. The van der Waals surface area contributed by atoms with Crippen LogP contribution in [-0.2, 0) is 0 Å². The third-order valence-electron chi connectivity index (χ3n) is 3.33. The van der Waals surface area contributed by atoms with Crippen molar-refractivity contribution in [3.05, 3.63) is 53.9 Å². The molecule has 1 aromatic carbocycles. The first-order valence-electron chi connectivity index (χ1n) is 6.65. The number of nitrogens with zero attached hydrogens (tertiary/aromatic N) is 1. The Morgan fingerprint density at radius 1 is 1.15 bits per heavy atom. The maximum absolute atomic E-state index is 9.97. The highest BCUT2D eigenvalue weighted by Crippen LogP contribution is 2.29. The Bertz CT molecular complexity index is 558. The average Bonchev–Trinajstić information content (AvgIpc) is 2.48. The van der Waals surface area contributed by atoms with E-state index in [0.717, 1.165) is 17.0 Å². The first kappa shape index (κ1) is 14.3. The summed E-state index contributed by atoms with van der Waals surface area (Å²) >= 11 is 0. The second-order valence-corrected chi connectivity index (χ2v) is 4.79. The van der Waals surface area contributed by atoms with Gasteiger partial charge in [-0.15, -0.1) is 0 Å². The molecule has 2 aromatic rings. The van der Waals surface area contributed by atoms with Gasteiger partial charge < -0.3 is 15.2 Å². The largest absolute Gasteiger partial charge is 0.508 e. The zero-order valence-corrected chi connectivity index (χ0v) is 12.0. The van der Waals surface area contributed by atoms with Gasteiger partial charge in [0.1, 0.15) is 11.5 Å². The summed E-state index contributed by atoms with van der Waals surface area (Å²) in [5.74, 6) is 0.996. The van der Waals surface area contributed by atoms with Gasteiger partial charge in [-0.25, -0.2) is 0 Å². The van der Waals surface area contributed by atoms with Gasteiger partial charge in [-0.05, 0) is 44.2 Å². The van der Waals surface area contributed by atoms with Crippen molar-refractivity contribution in [3.8, 4) is 11.5 Å². The summed E-state index contributed by atoms with van der Waals surface area (Å²) in [6.07, 6.45) is 1.78. The standard InChI is InChI=1S/C16H20N2O2/c1-11(14-10-13(20-3)7-8-16(14)19)18-12(2)15-6-4-5-9-17-15/h4-12,18-19H,1-3H3/t11?,12-/m1/s1. The van der Waals surface area contributed by atoms with Crippen molar-refractivity contribution in [1.82, 2.24) is 10.3 Å². The molecule has 1 heterocycles. The maximum Gasteiger partial charge on any atom is 0.120 e. The summed E-state index contributed by atoms with van der Waals surface area (Å²) in [5, 5.41) is 13.4. The molecule has 1 aromatic heterocycles. The number of ether oxygens (including phenoxy) is 1. The van der Waals surface area contributed by atoms with E-state index < -0.39 is 0 Å². The minimum atomic E-state index is -0.0119. The summed E-state index contributed by atoms with van der Waals surface area (Å²) in [4.78, 5) is 4.33. The summed E-state index contributed by atoms with van der Waals surface area (Å²) in [7, 11) is 1.62. The predicted molar refractivity (Wildman–Crippen MR) is 78.9 cm³/mol. The molecular formula is C16H20N2O2. The van der Waals surface area contributed by atoms with Gasteiger partial charge in [0.15, 0.2) is 0 Å².